The van der Waals surface area contributed by atoms with Gasteiger partial charge >= 0.3 is 17.9 Å². The zero-order valence-corrected chi connectivity index (χ0v) is 13.6. The lowest BCUT2D eigenvalue weighted by atomic mass is 9.96. The van der Waals surface area contributed by atoms with Crippen LogP contribution in [0.15, 0.2) is 36.2 Å². The van der Waals surface area contributed by atoms with E-state index in [1.54, 1.807) is 18.2 Å². The molecule has 0 atom stereocenters. The fraction of sp³-hybridized carbons (Fsp3) is 0.312. The number of phenols is 1. The number of carboxylic acid groups (broad SMARTS) is 3. The largest absolute Gasteiger partial charge is 0.508 e. The van der Waals surface area contributed by atoms with Crippen molar-refractivity contribution in [3.63, 3.8) is 0 Å². The minimum atomic E-state index is -2.74. The van der Waals surface area contributed by atoms with Crippen molar-refractivity contribution in [3.05, 3.63) is 41.7 Å². The first-order valence-corrected chi connectivity index (χ1v) is 7.19. The van der Waals surface area contributed by atoms with Crippen molar-refractivity contribution < 1.29 is 44.3 Å². The predicted molar refractivity (Wildman–Crippen MR) is 87.1 cm³/mol. The number of carboxylic acids is 3. The molecule has 10 heteroatoms. The number of carbonyl (C=O) groups is 3. The highest BCUT2D eigenvalue weighted by molar-refractivity contribution is 5.88. The van der Waals surface area contributed by atoms with Gasteiger partial charge < -0.3 is 31.3 Å². The molecule has 1 aromatic carbocycles. The summed E-state index contributed by atoms with van der Waals surface area (Å²) in [5.74, 6) is -4.83. The van der Waals surface area contributed by atoms with Crippen molar-refractivity contribution in [3.8, 4) is 5.75 Å². The maximum atomic E-state index is 12.1. The van der Waals surface area contributed by atoms with Crippen LogP contribution < -0.4 is 5.73 Å². The first kappa shape index (κ1) is 23.0. The quantitative estimate of drug-likeness (QED) is 0.378. The lowest BCUT2D eigenvalue weighted by Gasteiger charge is -2.18. The van der Waals surface area contributed by atoms with Crippen LogP contribution in [0, 0.1) is 0 Å². The predicted octanol–water partition coefficient (Wildman–Crippen LogP) is 0.498. The number of hydrogen-bond donors (Lipinski definition) is 6. The molecule has 0 aromatic heterocycles. The maximum Gasteiger partial charge on any atom is 0.336 e. The van der Waals surface area contributed by atoms with Crippen molar-refractivity contribution in [1.82, 2.24) is 0 Å². The third kappa shape index (κ3) is 8.76. The molecule has 0 unspecified atom stereocenters. The lowest BCUT2D eigenvalue weighted by Crippen LogP contribution is -2.42. The van der Waals surface area contributed by atoms with Gasteiger partial charge in [-0.05, 0) is 29.7 Å². The lowest BCUT2D eigenvalue weighted by molar-refractivity contribution is -0.170. The zero-order valence-electron chi connectivity index (χ0n) is 13.6. The Balaban J connectivity index is 0.000000481. The van der Waals surface area contributed by atoms with Crippen molar-refractivity contribution in [2.45, 2.75) is 24.9 Å². The summed E-state index contributed by atoms with van der Waals surface area (Å²) in [6, 6.07) is 6.71. The molecule has 0 aliphatic carbocycles. The average Bonchev–Trinajstić information content (AvgIpc) is 2.51. The molecular weight excluding hydrogens is 353 g/mol. The number of rotatable bonds is 8. The highest BCUT2D eigenvalue weighted by Gasteiger charge is 2.40. The SMILES string of the molecule is NCC(=CF)Cc1cccc(O)c1.O=C(O)CC(O)(CC(=O)O)C(=O)O. The van der Waals surface area contributed by atoms with Crippen LogP contribution in [-0.4, -0.2) is 55.6 Å². The summed E-state index contributed by atoms with van der Waals surface area (Å²) in [5.41, 5.74) is 3.93. The van der Waals surface area contributed by atoms with E-state index < -0.39 is 36.4 Å². The Bertz CT molecular complexity index is 658. The topological polar surface area (TPSA) is 178 Å². The number of benzene rings is 1. The summed E-state index contributed by atoms with van der Waals surface area (Å²) in [6.07, 6.45) is -1.32. The van der Waals surface area contributed by atoms with E-state index in [1.165, 1.54) is 0 Å². The Morgan fingerprint density at radius 1 is 1.12 bits per heavy atom. The summed E-state index contributed by atoms with van der Waals surface area (Å²) >= 11 is 0. The van der Waals surface area contributed by atoms with Crippen LogP contribution in [0.1, 0.15) is 18.4 Å². The summed E-state index contributed by atoms with van der Waals surface area (Å²) in [4.78, 5) is 30.5. The van der Waals surface area contributed by atoms with Gasteiger partial charge in [0, 0.05) is 6.54 Å². The molecule has 0 aliphatic heterocycles. The molecule has 0 radical (unpaired) electrons. The van der Waals surface area contributed by atoms with Gasteiger partial charge in [0.25, 0.3) is 0 Å². The molecule has 144 valence electrons. The normalized spacial score (nSPS) is 11.3. The van der Waals surface area contributed by atoms with Gasteiger partial charge in [0.2, 0.25) is 0 Å². The smallest absolute Gasteiger partial charge is 0.336 e. The summed E-state index contributed by atoms with van der Waals surface area (Å²) in [7, 11) is 0. The van der Waals surface area contributed by atoms with Gasteiger partial charge in [0.15, 0.2) is 5.60 Å². The van der Waals surface area contributed by atoms with Crippen LogP contribution in [0.4, 0.5) is 4.39 Å². The van der Waals surface area contributed by atoms with Gasteiger partial charge in [0.1, 0.15) is 5.75 Å². The molecule has 0 saturated heterocycles. The Labute approximate surface area is 147 Å². The van der Waals surface area contributed by atoms with E-state index in [9.17, 15) is 18.8 Å². The van der Waals surface area contributed by atoms with E-state index in [2.05, 4.69) is 0 Å². The number of phenolic OH excluding ortho intramolecular Hbond substituents is 1. The Hall–Kier alpha value is -2.98. The fourth-order valence-electron chi connectivity index (χ4n) is 1.80. The van der Waals surface area contributed by atoms with Crippen molar-refractivity contribution >= 4 is 17.9 Å². The first-order valence-electron chi connectivity index (χ1n) is 7.19. The Kier molecular flexibility index (Phi) is 9.56. The van der Waals surface area contributed by atoms with E-state index in [-0.39, 0.29) is 12.3 Å². The number of aliphatic carboxylic acids is 3. The molecule has 9 nitrogen and oxygen atoms in total. The molecular formula is C16H20FNO8. The van der Waals surface area contributed by atoms with Crippen LogP contribution in [0.2, 0.25) is 0 Å². The van der Waals surface area contributed by atoms with Gasteiger partial charge in [-0.25, -0.2) is 9.18 Å². The highest BCUT2D eigenvalue weighted by Crippen LogP contribution is 2.16. The standard InChI is InChI=1S/C10H12FNO.C6H8O7/c11-6-9(7-12)4-8-2-1-3-10(13)5-8;7-3(8)1-6(13,5(11)12)2-4(9)10/h1-3,5-6,13H,4,7,12H2;13H,1-2H2,(H,7,8)(H,9,10)(H,11,12). The van der Waals surface area contributed by atoms with E-state index in [1.807, 2.05) is 6.07 Å². The van der Waals surface area contributed by atoms with Gasteiger partial charge in [-0.15, -0.1) is 0 Å². The first-order chi connectivity index (χ1) is 12.0. The van der Waals surface area contributed by atoms with Crippen LogP contribution in [0.25, 0.3) is 0 Å². The Morgan fingerprint density at radius 2 is 1.65 bits per heavy atom. The fourth-order valence-corrected chi connectivity index (χ4v) is 1.80. The number of aromatic hydroxyl groups is 1. The summed E-state index contributed by atoms with van der Waals surface area (Å²) in [6.45, 7) is 0.201. The molecule has 0 saturated carbocycles. The van der Waals surface area contributed by atoms with Crippen LogP contribution >= 0.6 is 0 Å². The van der Waals surface area contributed by atoms with Crippen molar-refractivity contribution in [1.29, 1.82) is 0 Å². The van der Waals surface area contributed by atoms with E-state index in [0.29, 0.717) is 18.3 Å². The highest BCUT2D eigenvalue weighted by atomic mass is 19.1. The van der Waals surface area contributed by atoms with Gasteiger partial charge in [-0.1, -0.05) is 12.1 Å². The maximum absolute atomic E-state index is 12.1. The van der Waals surface area contributed by atoms with Crippen LogP contribution in [-0.2, 0) is 20.8 Å². The molecule has 0 aliphatic rings. The van der Waals surface area contributed by atoms with E-state index in [0.717, 1.165) is 5.56 Å². The Morgan fingerprint density at radius 3 is 2.00 bits per heavy atom. The summed E-state index contributed by atoms with van der Waals surface area (Å²) < 4.78 is 12.1. The zero-order chi connectivity index (χ0) is 20.3. The molecule has 0 bridgehead atoms. The van der Waals surface area contributed by atoms with Crippen molar-refractivity contribution in [2.24, 2.45) is 5.73 Å². The molecule has 0 fully saturated rings. The van der Waals surface area contributed by atoms with E-state index >= 15 is 0 Å². The second-order valence-electron chi connectivity index (χ2n) is 5.30. The molecule has 0 spiro atoms. The van der Waals surface area contributed by atoms with Crippen LogP contribution in [0.3, 0.4) is 0 Å². The van der Waals surface area contributed by atoms with Gasteiger partial charge in [-0.2, -0.15) is 0 Å². The average molecular weight is 373 g/mol. The number of halogens is 1. The van der Waals surface area contributed by atoms with Gasteiger partial charge in [-0.3, -0.25) is 9.59 Å². The van der Waals surface area contributed by atoms with E-state index in [4.69, 9.17) is 31.3 Å². The molecule has 0 amide bonds. The van der Waals surface area contributed by atoms with Gasteiger partial charge in [0.05, 0.1) is 19.2 Å². The monoisotopic (exact) mass is 373 g/mol. The second-order valence-corrected chi connectivity index (χ2v) is 5.30. The van der Waals surface area contributed by atoms with Crippen LogP contribution in [0.5, 0.6) is 5.75 Å². The second kappa shape index (κ2) is 10.8. The molecule has 0 heterocycles. The minimum Gasteiger partial charge on any atom is -0.508 e. The third-order valence-electron chi connectivity index (χ3n) is 3.04. The number of nitrogens with two attached hydrogens (primary N) is 1. The molecule has 26 heavy (non-hydrogen) atoms. The third-order valence-corrected chi connectivity index (χ3v) is 3.04. The minimum absolute atomic E-state index is 0.188. The molecule has 1 aromatic rings. The van der Waals surface area contributed by atoms with Crippen molar-refractivity contribution in [2.75, 3.05) is 6.54 Å². The molecule has 1 rings (SSSR count). The molecule has 7 N–H and O–H groups in total. The summed E-state index contributed by atoms with van der Waals surface area (Å²) in [5, 5.41) is 42.9. The number of aliphatic hydroxyl groups is 1. The number of hydrogen-bond acceptors (Lipinski definition) is 6.